The predicted octanol–water partition coefficient (Wildman–Crippen LogP) is 2.45. The number of nitrogens with one attached hydrogen (secondary N) is 1. The van der Waals surface area contributed by atoms with Gasteiger partial charge in [-0.05, 0) is 36.1 Å². The van der Waals surface area contributed by atoms with Crippen LogP contribution in [-0.4, -0.2) is 21.0 Å². The van der Waals surface area contributed by atoms with Gasteiger partial charge in [0.05, 0.1) is 0 Å². The Bertz CT molecular complexity index is 924. The molecule has 1 aromatic carbocycles. The molecule has 5 nitrogen and oxygen atoms in total. The Morgan fingerprint density at radius 3 is 2.96 bits per heavy atom. The molecule has 2 heterocycles. The lowest BCUT2D eigenvalue weighted by Gasteiger charge is -2.24. The summed E-state index contributed by atoms with van der Waals surface area (Å²) in [5.41, 5.74) is 2.40. The molecule has 1 aliphatic rings. The van der Waals surface area contributed by atoms with Crippen LogP contribution in [0, 0.1) is 11.3 Å². The van der Waals surface area contributed by atoms with Gasteiger partial charge < -0.3 is 10.4 Å². The standard InChI is InChI=1S/C18H16N4O/c19-11-15-17(21-16-7-3-4-10-22(15)16)20-12-18(23)9-8-13-5-1-2-6-14(13)18/h1-7,10,20,23H,8-9,12H2. The van der Waals surface area contributed by atoms with Gasteiger partial charge in [0.15, 0.2) is 11.5 Å². The first-order valence-electron chi connectivity index (χ1n) is 7.63. The average molecular weight is 304 g/mol. The highest BCUT2D eigenvalue weighted by Crippen LogP contribution is 2.36. The number of aliphatic hydroxyl groups is 1. The Balaban J connectivity index is 1.64. The monoisotopic (exact) mass is 304 g/mol. The molecule has 0 saturated carbocycles. The van der Waals surface area contributed by atoms with Crippen molar-refractivity contribution in [2.75, 3.05) is 11.9 Å². The molecule has 3 aromatic rings. The summed E-state index contributed by atoms with van der Waals surface area (Å²) in [4.78, 5) is 4.45. The van der Waals surface area contributed by atoms with E-state index in [-0.39, 0.29) is 0 Å². The third kappa shape index (κ3) is 2.16. The van der Waals surface area contributed by atoms with Gasteiger partial charge in [-0.2, -0.15) is 5.26 Å². The van der Waals surface area contributed by atoms with Crippen LogP contribution < -0.4 is 5.32 Å². The topological polar surface area (TPSA) is 73.3 Å². The summed E-state index contributed by atoms with van der Waals surface area (Å²) in [6.07, 6.45) is 3.35. The molecule has 0 aliphatic heterocycles. The zero-order chi connectivity index (χ0) is 15.9. The number of anilines is 1. The molecular weight excluding hydrogens is 288 g/mol. The number of fused-ring (bicyclic) bond motifs is 2. The highest BCUT2D eigenvalue weighted by atomic mass is 16.3. The summed E-state index contributed by atoms with van der Waals surface area (Å²) in [5, 5.41) is 23.5. The molecular formula is C18H16N4O. The van der Waals surface area contributed by atoms with E-state index in [9.17, 15) is 10.4 Å². The molecule has 0 amide bonds. The number of aromatic nitrogens is 2. The third-order valence-corrected chi connectivity index (χ3v) is 4.51. The minimum atomic E-state index is -0.918. The fourth-order valence-electron chi connectivity index (χ4n) is 3.31. The van der Waals surface area contributed by atoms with Gasteiger partial charge in [-0.15, -0.1) is 0 Å². The van der Waals surface area contributed by atoms with Crippen LogP contribution in [0.5, 0.6) is 0 Å². The van der Waals surface area contributed by atoms with E-state index in [0.717, 1.165) is 12.0 Å². The molecule has 114 valence electrons. The molecule has 4 rings (SSSR count). The third-order valence-electron chi connectivity index (χ3n) is 4.51. The minimum absolute atomic E-state index is 0.336. The predicted molar refractivity (Wildman–Crippen MR) is 87.1 cm³/mol. The van der Waals surface area contributed by atoms with Gasteiger partial charge in [-0.25, -0.2) is 4.98 Å². The largest absolute Gasteiger partial charge is 0.383 e. The van der Waals surface area contributed by atoms with Crippen LogP contribution in [0.1, 0.15) is 23.2 Å². The summed E-state index contributed by atoms with van der Waals surface area (Å²) < 4.78 is 1.75. The maximum absolute atomic E-state index is 11.0. The van der Waals surface area contributed by atoms with Gasteiger partial charge in [0.2, 0.25) is 0 Å². The summed E-state index contributed by atoms with van der Waals surface area (Å²) in [6, 6.07) is 15.7. The maximum Gasteiger partial charge on any atom is 0.168 e. The Morgan fingerprint density at radius 1 is 1.26 bits per heavy atom. The number of benzene rings is 1. The second kappa shape index (κ2) is 5.11. The first-order valence-corrected chi connectivity index (χ1v) is 7.63. The van der Waals surface area contributed by atoms with Crippen molar-refractivity contribution in [2.24, 2.45) is 0 Å². The van der Waals surface area contributed by atoms with Crippen LogP contribution in [0.15, 0.2) is 48.7 Å². The van der Waals surface area contributed by atoms with Crippen molar-refractivity contribution < 1.29 is 5.11 Å². The molecule has 1 atom stereocenters. The van der Waals surface area contributed by atoms with E-state index >= 15 is 0 Å². The lowest BCUT2D eigenvalue weighted by Crippen LogP contribution is -2.32. The van der Waals surface area contributed by atoms with Crippen LogP contribution in [0.3, 0.4) is 0 Å². The number of aryl methyl sites for hydroxylation is 1. The van der Waals surface area contributed by atoms with E-state index < -0.39 is 5.60 Å². The Labute approximate surface area is 133 Å². The Morgan fingerprint density at radius 2 is 2.09 bits per heavy atom. The number of hydrogen-bond donors (Lipinski definition) is 2. The van der Waals surface area contributed by atoms with Crippen molar-refractivity contribution in [3.8, 4) is 6.07 Å². The van der Waals surface area contributed by atoms with E-state index in [1.54, 1.807) is 4.40 Å². The molecule has 2 aromatic heterocycles. The summed E-state index contributed by atoms with van der Waals surface area (Å²) >= 11 is 0. The van der Waals surface area contributed by atoms with Crippen molar-refractivity contribution in [1.29, 1.82) is 5.26 Å². The summed E-state index contributed by atoms with van der Waals surface area (Å²) in [5.74, 6) is 0.511. The zero-order valence-electron chi connectivity index (χ0n) is 12.5. The second-order valence-corrected chi connectivity index (χ2v) is 5.89. The molecule has 0 radical (unpaired) electrons. The number of nitrogens with zero attached hydrogens (tertiary/aromatic N) is 3. The fourth-order valence-corrected chi connectivity index (χ4v) is 3.31. The van der Waals surface area contributed by atoms with Crippen molar-refractivity contribution in [3.05, 3.63) is 65.5 Å². The second-order valence-electron chi connectivity index (χ2n) is 5.89. The lowest BCUT2D eigenvalue weighted by atomic mass is 9.96. The minimum Gasteiger partial charge on any atom is -0.383 e. The molecule has 0 fully saturated rings. The maximum atomic E-state index is 11.0. The quantitative estimate of drug-likeness (QED) is 0.779. The highest BCUT2D eigenvalue weighted by molar-refractivity contribution is 5.59. The first kappa shape index (κ1) is 13.8. The van der Waals surface area contributed by atoms with Crippen molar-refractivity contribution in [1.82, 2.24) is 9.38 Å². The normalized spacial score (nSPS) is 19.5. The van der Waals surface area contributed by atoms with E-state index in [0.29, 0.717) is 30.1 Å². The fraction of sp³-hybridized carbons (Fsp3) is 0.222. The van der Waals surface area contributed by atoms with E-state index in [1.165, 1.54) is 5.56 Å². The Hall–Kier alpha value is -2.84. The number of imidazole rings is 1. The van der Waals surface area contributed by atoms with Gasteiger partial charge >= 0.3 is 0 Å². The van der Waals surface area contributed by atoms with Gasteiger partial charge in [0.25, 0.3) is 0 Å². The number of hydrogen-bond acceptors (Lipinski definition) is 4. The molecule has 1 unspecified atom stereocenters. The van der Waals surface area contributed by atoms with Crippen LogP contribution in [-0.2, 0) is 12.0 Å². The SMILES string of the molecule is N#Cc1c(NCC2(O)CCc3ccccc32)nc2ccccn12. The molecule has 0 saturated heterocycles. The average Bonchev–Trinajstić information content (AvgIpc) is 3.12. The molecule has 23 heavy (non-hydrogen) atoms. The van der Waals surface area contributed by atoms with Crippen LogP contribution >= 0.6 is 0 Å². The van der Waals surface area contributed by atoms with Gasteiger partial charge in [-0.3, -0.25) is 4.40 Å². The van der Waals surface area contributed by atoms with Gasteiger partial charge in [0.1, 0.15) is 17.3 Å². The summed E-state index contributed by atoms with van der Waals surface area (Å²) in [6.45, 7) is 0.336. The zero-order valence-corrected chi connectivity index (χ0v) is 12.5. The van der Waals surface area contributed by atoms with Gasteiger partial charge in [-0.1, -0.05) is 30.3 Å². The molecule has 1 aliphatic carbocycles. The van der Waals surface area contributed by atoms with E-state index in [2.05, 4.69) is 22.4 Å². The number of rotatable bonds is 3. The van der Waals surface area contributed by atoms with Gasteiger partial charge in [0, 0.05) is 12.7 Å². The van der Waals surface area contributed by atoms with Crippen molar-refractivity contribution >= 4 is 11.5 Å². The lowest BCUT2D eigenvalue weighted by molar-refractivity contribution is 0.0526. The molecule has 2 N–H and O–H groups in total. The van der Waals surface area contributed by atoms with E-state index in [4.69, 9.17) is 0 Å². The molecule has 5 heteroatoms. The smallest absolute Gasteiger partial charge is 0.168 e. The van der Waals surface area contributed by atoms with Crippen molar-refractivity contribution in [3.63, 3.8) is 0 Å². The number of pyridine rings is 1. The molecule has 0 bridgehead atoms. The van der Waals surface area contributed by atoms with Crippen LogP contribution in [0.25, 0.3) is 5.65 Å². The van der Waals surface area contributed by atoms with Crippen molar-refractivity contribution in [2.45, 2.75) is 18.4 Å². The van der Waals surface area contributed by atoms with E-state index in [1.807, 2.05) is 42.6 Å². The highest BCUT2D eigenvalue weighted by Gasteiger charge is 2.36. The molecule has 0 spiro atoms. The van der Waals surface area contributed by atoms with Crippen LogP contribution in [0.2, 0.25) is 0 Å². The Kier molecular flexibility index (Phi) is 3.07. The first-order chi connectivity index (χ1) is 11.2. The summed E-state index contributed by atoms with van der Waals surface area (Å²) in [7, 11) is 0. The number of nitriles is 1. The van der Waals surface area contributed by atoms with Crippen LogP contribution in [0.4, 0.5) is 5.82 Å².